The number of imidazole rings is 1. The van der Waals surface area contributed by atoms with Gasteiger partial charge in [0.1, 0.15) is 0 Å². The van der Waals surface area contributed by atoms with E-state index < -0.39 is 0 Å². The zero-order valence-electron chi connectivity index (χ0n) is 11.0. The molecule has 1 heterocycles. The Morgan fingerprint density at radius 1 is 1.38 bits per heavy atom. The van der Waals surface area contributed by atoms with Crippen molar-refractivity contribution in [2.45, 2.75) is 32.9 Å². The van der Waals surface area contributed by atoms with Gasteiger partial charge in [-0.05, 0) is 26.9 Å². The number of nitrogens with two attached hydrogens (primary N) is 1. The van der Waals surface area contributed by atoms with Crippen molar-refractivity contribution in [1.82, 2.24) is 14.5 Å². The summed E-state index contributed by atoms with van der Waals surface area (Å²) in [4.78, 5) is 6.42. The van der Waals surface area contributed by atoms with Crippen LogP contribution in [0.25, 0.3) is 0 Å². The molecule has 1 aromatic heterocycles. The van der Waals surface area contributed by atoms with Crippen LogP contribution in [0.3, 0.4) is 0 Å². The van der Waals surface area contributed by atoms with Crippen molar-refractivity contribution in [1.29, 1.82) is 0 Å². The van der Waals surface area contributed by atoms with Crippen LogP contribution in [-0.4, -0.2) is 35.1 Å². The largest absolute Gasteiger partial charge is 0.329 e. The summed E-state index contributed by atoms with van der Waals surface area (Å²) in [5.74, 6) is 0.564. The van der Waals surface area contributed by atoms with E-state index >= 15 is 0 Å². The van der Waals surface area contributed by atoms with Gasteiger partial charge in [-0.1, -0.05) is 13.8 Å². The Morgan fingerprint density at radius 2 is 2.00 bits per heavy atom. The van der Waals surface area contributed by atoms with Gasteiger partial charge in [-0.15, -0.1) is 0 Å². The van der Waals surface area contributed by atoms with Gasteiger partial charge in [0.2, 0.25) is 0 Å². The second kappa shape index (κ2) is 5.46. The molecule has 0 aliphatic carbocycles. The lowest BCUT2D eigenvalue weighted by Crippen LogP contribution is -2.29. The summed E-state index contributed by atoms with van der Waals surface area (Å²) in [6.07, 6.45) is 3.77. The summed E-state index contributed by atoms with van der Waals surface area (Å²) in [5, 5.41) is 0. The number of likely N-dealkylation sites (N-methyl/N-ethyl adjacent to an activating group) is 1. The first kappa shape index (κ1) is 13.2. The fourth-order valence-corrected chi connectivity index (χ4v) is 1.94. The van der Waals surface area contributed by atoms with E-state index in [9.17, 15) is 0 Å². The third-order valence-electron chi connectivity index (χ3n) is 2.84. The highest BCUT2D eigenvalue weighted by Gasteiger charge is 2.20. The van der Waals surface area contributed by atoms with E-state index in [0.717, 1.165) is 12.2 Å². The van der Waals surface area contributed by atoms with Crippen LogP contribution in [0.15, 0.2) is 12.5 Å². The first-order valence-electron chi connectivity index (χ1n) is 5.85. The van der Waals surface area contributed by atoms with Crippen LogP contribution in [0.5, 0.6) is 0 Å². The van der Waals surface area contributed by atoms with Gasteiger partial charge in [-0.25, -0.2) is 4.98 Å². The maximum atomic E-state index is 5.95. The Kier molecular flexibility index (Phi) is 4.50. The Bertz CT molecular complexity index is 315. The van der Waals surface area contributed by atoms with E-state index in [0.29, 0.717) is 12.0 Å². The van der Waals surface area contributed by atoms with Gasteiger partial charge in [0.25, 0.3) is 0 Å². The van der Waals surface area contributed by atoms with Crippen LogP contribution in [0, 0.1) is 5.92 Å². The zero-order chi connectivity index (χ0) is 12.3. The summed E-state index contributed by atoms with van der Waals surface area (Å²) in [7, 11) is 4.19. The van der Waals surface area contributed by atoms with Crippen LogP contribution in [-0.2, 0) is 0 Å². The van der Waals surface area contributed by atoms with Crippen LogP contribution in [0.1, 0.15) is 38.5 Å². The molecule has 0 aliphatic rings. The third-order valence-corrected chi connectivity index (χ3v) is 2.84. The number of hydrogen-bond donors (Lipinski definition) is 1. The van der Waals surface area contributed by atoms with Crippen molar-refractivity contribution in [3.8, 4) is 0 Å². The lowest BCUT2D eigenvalue weighted by atomic mass is 10.0. The van der Waals surface area contributed by atoms with Gasteiger partial charge in [0.05, 0.1) is 12.0 Å². The molecular weight excluding hydrogens is 200 g/mol. The highest BCUT2D eigenvalue weighted by molar-refractivity contribution is 5.05. The zero-order valence-corrected chi connectivity index (χ0v) is 11.0. The molecule has 1 rings (SSSR count). The second-order valence-corrected chi connectivity index (χ2v) is 5.09. The minimum atomic E-state index is 0.0333. The molecule has 0 radical (unpaired) electrons. The maximum absolute atomic E-state index is 5.95. The van der Waals surface area contributed by atoms with Gasteiger partial charge in [0.15, 0.2) is 0 Å². The molecule has 0 spiro atoms. The van der Waals surface area contributed by atoms with Gasteiger partial charge in [-0.3, -0.25) is 0 Å². The molecular formula is C12H24N4. The SMILES string of the molecule is CC(C)C(CN(C)C)n1cncc1[C@H](C)N. The molecule has 2 N–H and O–H groups in total. The minimum Gasteiger partial charge on any atom is -0.329 e. The Labute approximate surface area is 98.5 Å². The number of hydrogen-bond acceptors (Lipinski definition) is 3. The van der Waals surface area contributed by atoms with Crippen LogP contribution in [0.4, 0.5) is 0 Å². The molecule has 0 fully saturated rings. The summed E-state index contributed by atoms with van der Waals surface area (Å²) < 4.78 is 2.22. The van der Waals surface area contributed by atoms with Crippen molar-refractivity contribution >= 4 is 0 Å². The topological polar surface area (TPSA) is 47.1 Å². The molecule has 4 nitrogen and oxygen atoms in total. The quantitative estimate of drug-likeness (QED) is 0.827. The molecule has 0 bridgehead atoms. The summed E-state index contributed by atoms with van der Waals surface area (Å²) in [6, 6.07) is 0.462. The molecule has 1 unspecified atom stereocenters. The molecule has 4 heteroatoms. The first-order chi connectivity index (χ1) is 7.43. The van der Waals surface area contributed by atoms with Crippen molar-refractivity contribution in [3.63, 3.8) is 0 Å². The molecule has 0 amide bonds. The van der Waals surface area contributed by atoms with E-state index in [4.69, 9.17) is 5.73 Å². The van der Waals surface area contributed by atoms with Crippen molar-refractivity contribution in [3.05, 3.63) is 18.2 Å². The van der Waals surface area contributed by atoms with E-state index in [1.807, 2.05) is 19.4 Å². The molecule has 0 saturated carbocycles. The number of aromatic nitrogens is 2. The Balaban J connectivity index is 2.96. The van der Waals surface area contributed by atoms with E-state index in [-0.39, 0.29) is 6.04 Å². The second-order valence-electron chi connectivity index (χ2n) is 5.09. The predicted octanol–water partition coefficient (Wildman–Crippen LogP) is 1.66. The third kappa shape index (κ3) is 3.06. The normalized spacial score (nSPS) is 15.8. The molecule has 1 aromatic rings. The fourth-order valence-electron chi connectivity index (χ4n) is 1.94. The van der Waals surface area contributed by atoms with E-state index in [1.54, 1.807) is 0 Å². The predicted molar refractivity (Wildman–Crippen MR) is 67.3 cm³/mol. The maximum Gasteiger partial charge on any atom is 0.0951 e. The highest BCUT2D eigenvalue weighted by atomic mass is 15.2. The van der Waals surface area contributed by atoms with E-state index in [1.165, 1.54) is 0 Å². The lowest BCUT2D eigenvalue weighted by molar-refractivity contribution is 0.263. The molecule has 0 saturated heterocycles. The highest BCUT2D eigenvalue weighted by Crippen LogP contribution is 2.22. The molecule has 0 aromatic carbocycles. The average Bonchev–Trinajstić information content (AvgIpc) is 2.61. The van der Waals surface area contributed by atoms with Crippen molar-refractivity contribution in [2.75, 3.05) is 20.6 Å². The van der Waals surface area contributed by atoms with Crippen molar-refractivity contribution < 1.29 is 0 Å². The van der Waals surface area contributed by atoms with Crippen LogP contribution < -0.4 is 5.73 Å². The number of nitrogens with zero attached hydrogens (tertiary/aromatic N) is 3. The molecule has 16 heavy (non-hydrogen) atoms. The lowest BCUT2D eigenvalue weighted by Gasteiger charge is -2.28. The van der Waals surface area contributed by atoms with Gasteiger partial charge < -0.3 is 15.2 Å². The van der Waals surface area contributed by atoms with Crippen LogP contribution >= 0.6 is 0 Å². The Hall–Kier alpha value is -0.870. The van der Waals surface area contributed by atoms with Crippen molar-refractivity contribution in [2.24, 2.45) is 11.7 Å². The molecule has 92 valence electrons. The monoisotopic (exact) mass is 224 g/mol. The summed E-state index contributed by atoms with van der Waals surface area (Å²) in [5.41, 5.74) is 7.06. The minimum absolute atomic E-state index is 0.0333. The standard InChI is InChI=1S/C12H24N4/c1-9(2)12(7-15(4)5)16-8-14-6-11(16)10(3)13/h6,8-10,12H,7,13H2,1-5H3/t10-,12?/m0/s1. The van der Waals surface area contributed by atoms with Gasteiger partial charge in [-0.2, -0.15) is 0 Å². The molecule has 2 atom stereocenters. The first-order valence-corrected chi connectivity index (χ1v) is 5.85. The number of rotatable bonds is 5. The summed E-state index contributed by atoms with van der Waals surface area (Å²) in [6.45, 7) is 7.48. The molecule has 0 aliphatic heterocycles. The smallest absolute Gasteiger partial charge is 0.0951 e. The Morgan fingerprint density at radius 3 is 2.44 bits per heavy atom. The van der Waals surface area contributed by atoms with E-state index in [2.05, 4.69) is 42.4 Å². The summed E-state index contributed by atoms with van der Waals surface area (Å²) >= 11 is 0. The van der Waals surface area contributed by atoms with Gasteiger partial charge in [0, 0.05) is 24.8 Å². The van der Waals surface area contributed by atoms with Gasteiger partial charge >= 0.3 is 0 Å². The average molecular weight is 224 g/mol. The fraction of sp³-hybridized carbons (Fsp3) is 0.750. The van der Waals surface area contributed by atoms with Crippen LogP contribution in [0.2, 0.25) is 0 Å².